The predicted octanol–water partition coefficient (Wildman–Crippen LogP) is 3.14. The van der Waals surface area contributed by atoms with Crippen LogP contribution in [0.4, 0.5) is 5.69 Å². The molecule has 0 aliphatic carbocycles. The molecule has 2 aromatic carbocycles. The van der Waals surface area contributed by atoms with Gasteiger partial charge in [-0.1, -0.05) is 30.3 Å². The third kappa shape index (κ3) is 3.85. The van der Waals surface area contributed by atoms with Crippen molar-refractivity contribution in [2.24, 2.45) is 0 Å². The lowest BCUT2D eigenvalue weighted by Gasteiger charge is -2.36. The van der Waals surface area contributed by atoms with Crippen molar-refractivity contribution in [2.45, 2.75) is 11.8 Å². The molecule has 24 heavy (non-hydrogen) atoms. The fourth-order valence-electron chi connectivity index (χ4n) is 2.88. The van der Waals surface area contributed by atoms with Crippen LogP contribution in [0.3, 0.4) is 0 Å². The van der Waals surface area contributed by atoms with E-state index in [4.69, 9.17) is 0 Å². The second-order valence-corrected chi connectivity index (χ2v) is 6.93. The van der Waals surface area contributed by atoms with E-state index in [1.54, 1.807) is 17.8 Å². The number of anilines is 1. The molecular weight excluding hydrogens is 320 g/mol. The van der Waals surface area contributed by atoms with Crippen molar-refractivity contribution in [1.82, 2.24) is 4.90 Å². The van der Waals surface area contributed by atoms with Gasteiger partial charge >= 0.3 is 0 Å². The molecule has 1 heterocycles. The van der Waals surface area contributed by atoms with Crippen LogP contribution in [0.1, 0.15) is 5.56 Å². The minimum atomic E-state index is 0.181. The normalized spacial score (nSPS) is 14.7. The molecule has 1 aliphatic rings. The van der Waals surface area contributed by atoms with Gasteiger partial charge in [0.25, 0.3) is 0 Å². The Morgan fingerprint density at radius 2 is 1.71 bits per heavy atom. The Hall–Kier alpha value is -2.14. The maximum atomic E-state index is 12.4. The summed E-state index contributed by atoms with van der Waals surface area (Å²) in [7, 11) is 0. The molecule has 1 amide bonds. The van der Waals surface area contributed by atoms with Crippen molar-refractivity contribution >= 4 is 23.4 Å². The Balaban J connectivity index is 1.52. The number of thioether (sulfide) groups is 1. The number of carbonyl (C=O) groups is 1. The minimum Gasteiger partial charge on any atom is -0.506 e. The summed E-state index contributed by atoms with van der Waals surface area (Å²) in [5.41, 5.74) is 2.05. The number of carbonyl (C=O) groups excluding carboxylic acids is 1. The van der Waals surface area contributed by atoms with Gasteiger partial charge in [-0.05, 0) is 30.7 Å². The molecule has 0 atom stereocenters. The van der Waals surface area contributed by atoms with Crippen LogP contribution in [0, 0.1) is 6.92 Å². The summed E-state index contributed by atoms with van der Waals surface area (Å²) < 4.78 is 0. The number of para-hydroxylation sites is 2. The third-order valence-electron chi connectivity index (χ3n) is 4.30. The summed E-state index contributed by atoms with van der Waals surface area (Å²) in [6.45, 7) is 4.96. The van der Waals surface area contributed by atoms with Gasteiger partial charge in [0.1, 0.15) is 5.75 Å². The highest BCUT2D eigenvalue weighted by molar-refractivity contribution is 8.00. The highest BCUT2D eigenvalue weighted by Gasteiger charge is 2.22. The molecular formula is C19H22N2O2S. The summed E-state index contributed by atoms with van der Waals surface area (Å²) in [5.74, 6) is 0.953. The number of hydrogen-bond acceptors (Lipinski definition) is 4. The molecule has 1 saturated heterocycles. The van der Waals surface area contributed by atoms with E-state index in [0.29, 0.717) is 24.6 Å². The van der Waals surface area contributed by atoms with Gasteiger partial charge < -0.3 is 14.9 Å². The Morgan fingerprint density at radius 3 is 2.42 bits per heavy atom. The summed E-state index contributed by atoms with van der Waals surface area (Å²) in [4.78, 5) is 17.6. The molecule has 0 radical (unpaired) electrons. The SMILES string of the molecule is Cc1ccccc1SCC(=O)N1CCN(c2ccccc2O)CC1. The fraction of sp³-hybridized carbons (Fsp3) is 0.316. The van der Waals surface area contributed by atoms with Crippen LogP contribution in [0.25, 0.3) is 0 Å². The van der Waals surface area contributed by atoms with E-state index in [0.717, 1.165) is 18.8 Å². The van der Waals surface area contributed by atoms with Crippen LogP contribution in [0.5, 0.6) is 5.75 Å². The molecule has 2 aromatic rings. The average Bonchev–Trinajstić information content (AvgIpc) is 2.61. The molecule has 126 valence electrons. The fourth-order valence-corrected chi connectivity index (χ4v) is 3.81. The lowest BCUT2D eigenvalue weighted by Crippen LogP contribution is -2.49. The molecule has 0 saturated carbocycles. The summed E-state index contributed by atoms with van der Waals surface area (Å²) in [6.07, 6.45) is 0. The number of nitrogens with zero attached hydrogens (tertiary/aromatic N) is 2. The van der Waals surface area contributed by atoms with E-state index < -0.39 is 0 Å². The monoisotopic (exact) mass is 342 g/mol. The van der Waals surface area contributed by atoms with Crippen molar-refractivity contribution in [2.75, 3.05) is 36.8 Å². The molecule has 0 aromatic heterocycles. The second kappa shape index (κ2) is 7.62. The number of hydrogen-bond donors (Lipinski definition) is 1. The van der Waals surface area contributed by atoms with Crippen LogP contribution < -0.4 is 4.90 Å². The van der Waals surface area contributed by atoms with Gasteiger partial charge in [-0.15, -0.1) is 11.8 Å². The second-order valence-electron chi connectivity index (χ2n) is 5.91. The molecule has 0 spiro atoms. The van der Waals surface area contributed by atoms with Gasteiger partial charge in [0.15, 0.2) is 0 Å². The van der Waals surface area contributed by atoms with Crippen LogP contribution in [0.2, 0.25) is 0 Å². The maximum Gasteiger partial charge on any atom is 0.233 e. The Morgan fingerprint density at radius 1 is 1.04 bits per heavy atom. The lowest BCUT2D eigenvalue weighted by molar-refractivity contribution is -0.128. The van der Waals surface area contributed by atoms with Crippen molar-refractivity contribution in [3.05, 3.63) is 54.1 Å². The zero-order chi connectivity index (χ0) is 16.9. The van der Waals surface area contributed by atoms with Gasteiger partial charge in [0, 0.05) is 31.1 Å². The third-order valence-corrected chi connectivity index (χ3v) is 5.46. The Labute approximate surface area is 147 Å². The molecule has 5 heteroatoms. The van der Waals surface area contributed by atoms with Crippen molar-refractivity contribution in [3.8, 4) is 5.75 Å². The van der Waals surface area contributed by atoms with Crippen molar-refractivity contribution < 1.29 is 9.90 Å². The first-order valence-corrected chi connectivity index (χ1v) is 9.13. The quantitative estimate of drug-likeness (QED) is 0.867. The van der Waals surface area contributed by atoms with E-state index >= 15 is 0 Å². The molecule has 3 rings (SSSR count). The highest BCUT2D eigenvalue weighted by Crippen LogP contribution is 2.27. The summed E-state index contributed by atoms with van der Waals surface area (Å²) in [5, 5.41) is 9.95. The van der Waals surface area contributed by atoms with Crippen LogP contribution in [-0.2, 0) is 4.79 Å². The van der Waals surface area contributed by atoms with Crippen molar-refractivity contribution in [1.29, 1.82) is 0 Å². The predicted molar refractivity (Wildman–Crippen MR) is 98.8 cm³/mol. The van der Waals surface area contributed by atoms with Crippen molar-refractivity contribution in [3.63, 3.8) is 0 Å². The molecule has 0 unspecified atom stereocenters. The lowest BCUT2D eigenvalue weighted by atomic mass is 10.2. The van der Waals surface area contributed by atoms with E-state index in [-0.39, 0.29) is 5.91 Å². The zero-order valence-electron chi connectivity index (χ0n) is 13.8. The van der Waals surface area contributed by atoms with Gasteiger partial charge in [-0.3, -0.25) is 4.79 Å². The number of phenolic OH excluding ortho intramolecular Hbond substituents is 1. The van der Waals surface area contributed by atoms with Crippen LogP contribution >= 0.6 is 11.8 Å². The molecule has 1 aliphatic heterocycles. The topological polar surface area (TPSA) is 43.8 Å². The standard InChI is InChI=1S/C19H22N2O2S/c1-15-6-2-5-9-18(15)24-14-19(23)21-12-10-20(11-13-21)16-7-3-4-8-17(16)22/h2-9,22H,10-14H2,1H3. The first-order chi connectivity index (χ1) is 11.6. The Kier molecular flexibility index (Phi) is 5.30. The smallest absolute Gasteiger partial charge is 0.233 e. The van der Waals surface area contributed by atoms with E-state index in [2.05, 4.69) is 24.0 Å². The van der Waals surface area contributed by atoms with Gasteiger partial charge in [0.05, 0.1) is 11.4 Å². The van der Waals surface area contributed by atoms with Crippen LogP contribution in [-0.4, -0.2) is 47.8 Å². The Bertz CT molecular complexity index is 712. The van der Waals surface area contributed by atoms with Gasteiger partial charge in [-0.2, -0.15) is 0 Å². The first kappa shape index (κ1) is 16.7. The minimum absolute atomic E-state index is 0.181. The number of rotatable bonds is 4. The molecule has 0 bridgehead atoms. The van der Waals surface area contributed by atoms with Gasteiger partial charge in [0.2, 0.25) is 5.91 Å². The average molecular weight is 342 g/mol. The molecule has 1 N–H and O–H groups in total. The largest absolute Gasteiger partial charge is 0.506 e. The number of aromatic hydroxyl groups is 1. The van der Waals surface area contributed by atoms with E-state index in [1.165, 1.54) is 10.5 Å². The van der Waals surface area contributed by atoms with Crippen LogP contribution in [0.15, 0.2) is 53.4 Å². The number of piperazine rings is 1. The molecule has 1 fully saturated rings. The van der Waals surface area contributed by atoms with E-state index in [9.17, 15) is 9.90 Å². The maximum absolute atomic E-state index is 12.4. The number of benzene rings is 2. The van der Waals surface area contributed by atoms with Gasteiger partial charge in [-0.25, -0.2) is 0 Å². The molecule has 4 nitrogen and oxygen atoms in total. The highest BCUT2D eigenvalue weighted by atomic mass is 32.2. The number of phenols is 1. The van der Waals surface area contributed by atoms with E-state index in [1.807, 2.05) is 35.2 Å². The first-order valence-electron chi connectivity index (χ1n) is 8.14. The zero-order valence-corrected chi connectivity index (χ0v) is 14.6. The number of amides is 1. The summed E-state index contributed by atoms with van der Waals surface area (Å²) >= 11 is 1.60. The number of aryl methyl sites for hydroxylation is 1. The summed E-state index contributed by atoms with van der Waals surface area (Å²) in [6, 6.07) is 15.5.